The standard InChI is InChI=1S/C26H42BF3N6O5/c28-26(29,30)18-14-19(27(40)41)16-20(15-18)34-25(39)22(8-6-17-4-2-1-3-5-17)35-24(38)21(33)7-9-23(37)36(12-10-31)13-11-32/h14-17,21-22,40-41H,1-13,31-33H2,(H,34,39)(H,35,38)/t21-,22+/m0/s1. The fourth-order valence-electron chi connectivity index (χ4n) is 4.93. The first kappa shape index (κ1) is 34.5. The maximum atomic E-state index is 13.4. The van der Waals surface area contributed by atoms with Crippen molar-refractivity contribution in [3.8, 4) is 0 Å². The zero-order valence-electron chi connectivity index (χ0n) is 23.2. The second kappa shape index (κ2) is 16.7. The van der Waals surface area contributed by atoms with Crippen LogP contribution in [0.3, 0.4) is 0 Å². The summed E-state index contributed by atoms with van der Waals surface area (Å²) in [6.07, 6.45) is 1.23. The van der Waals surface area contributed by atoms with Crippen LogP contribution in [0.5, 0.6) is 0 Å². The number of carbonyl (C=O) groups excluding carboxylic acids is 3. The van der Waals surface area contributed by atoms with Gasteiger partial charge < -0.3 is 42.8 Å². The molecule has 1 fully saturated rings. The minimum Gasteiger partial charge on any atom is -0.423 e. The molecule has 2 rings (SSSR count). The zero-order valence-corrected chi connectivity index (χ0v) is 23.2. The number of nitrogens with two attached hydrogens (primary N) is 3. The number of nitrogens with zero attached hydrogens (tertiary/aromatic N) is 1. The number of carbonyl (C=O) groups is 3. The Kier molecular flexibility index (Phi) is 14.0. The molecule has 0 spiro atoms. The normalized spacial score (nSPS) is 15.6. The van der Waals surface area contributed by atoms with Gasteiger partial charge in [-0.3, -0.25) is 14.4 Å². The molecule has 0 aliphatic heterocycles. The molecular weight excluding hydrogens is 544 g/mol. The van der Waals surface area contributed by atoms with Crippen molar-refractivity contribution in [3.63, 3.8) is 0 Å². The Morgan fingerprint density at radius 1 is 1.00 bits per heavy atom. The van der Waals surface area contributed by atoms with E-state index in [2.05, 4.69) is 10.6 Å². The van der Waals surface area contributed by atoms with Crippen LogP contribution in [0.2, 0.25) is 0 Å². The van der Waals surface area contributed by atoms with E-state index in [1.807, 2.05) is 0 Å². The molecule has 1 aromatic carbocycles. The van der Waals surface area contributed by atoms with Gasteiger partial charge in [-0.1, -0.05) is 38.2 Å². The van der Waals surface area contributed by atoms with Gasteiger partial charge in [0, 0.05) is 38.3 Å². The summed E-state index contributed by atoms with van der Waals surface area (Å²) in [6.45, 7) is 1.12. The number of hydrogen-bond donors (Lipinski definition) is 7. The van der Waals surface area contributed by atoms with E-state index in [1.165, 1.54) is 4.90 Å². The van der Waals surface area contributed by atoms with Crippen LogP contribution in [0.4, 0.5) is 18.9 Å². The van der Waals surface area contributed by atoms with Crippen molar-refractivity contribution in [3.05, 3.63) is 23.8 Å². The van der Waals surface area contributed by atoms with Crippen molar-refractivity contribution < 1.29 is 37.6 Å². The quantitative estimate of drug-likeness (QED) is 0.140. The van der Waals surface area contributed by atoms with E-state index in [4.69, 9.17) is 17.2 Å². The molecule has 10 N–H and O–H groups in total. The zero-order chi connectivity index (χ0) is 30.6. The summed E-state index contributed by atoms with van der Waals surface area (Å²) in [5.41, 5.74) is 15.2. The van der Waals surface area contributed by atoms with Gasteiger partial charge in [0.1, 0.15) is 6.04 Å². The number of benzene rings is 1. The third-order valence-electron chi connectivity index (χ3n) is 7.23. The number of nitrogens with one attached hydrogen (secondary N) is 2. The molecule has 2 atom stereocenters. The SMILES string of the molecule is NCCN(CCN)C(=O)CC[C@H](N)C(=O)N[C@H](CCC1CCCCC1)C(=O)Nc1cc(B(O)O)cc(C(F)(F)F)c1. The van der Waals surface area contributed by atoms with Crippen LogP contribution < -0.4 is 33.3 Å². The third kappa shape index (κ3) is 11.6. The Hall–Kier alpha value is -2.72. The molecule has 0 heterocycles. The van der Waals surface area contributed by atoms with E-state index in [0.717, 1.165) is 38.2 Å². The Bertz CT molecular complexity index is 1000. The predicted octanol–water partition coefficient (Wildman–Crippen LogP) is 0.0225. The van der Waals surface area contributed by atoms with Crippen LogP contribution in [-0.2, 0) is 20.6 Å². The number of alkyl halides is 3. The lowest BCUT2D eigenvalue weighted by atomic mass is 9.79. The number of amides is 3. The van der Waals surface area contributed by atoms with Crippen molar-refractivity contribution in [1.29, 1.82) is 0 Å². The second-order valence-corrected chi connectivity index (χ2v) is 10.5. The Balaban J connectivity index is 2.14. The monoisotopic (exact) mass is 586 g/mol. The second-order valence-electron chi connectivity index (χ2n) is 10.5. The minimum absolute atomic E-state index is 0.00134. The van der Waals surface area contributed by atoms with Gasteiger partial charge in [0.25, 0.3) is 0 Å². The van der Waals surface area contributed by atoms with Gasteiger partial charge in [0.2, 0.25) is 17.7 Å². The summed E-state index contributed by atoms with van der Waals surface area (Å²) in [5.74, 6) is -1.36. The third-order valence-corrected chi connectivity index (χ3v) is 7.23. The average Bonchev–Trinajstić information content (AvgIpc) is 2.93. The summed E-state index contributed by atoms with van der Waals surface area (Å²) >= 11 is 0. The highest BCUT2D eigenvalue weighted by Crippen LogP contribution is 2.31. The van der Waals surface area contributed by atoms with E-state index >= 15 is 0 Å². The van der Waals surface area contributed by atoms with Crippen LogP contribution in [0.1, 0.15) is 63.4 Å². The summed E-state index contributed by atoms with van der Waals surface area (Å²) in [4.78, 5) is 40.1. The van der Waals surface area contributed by atoms with Gasteiger partial charge in [-0.05, 0) is 42.8 Å². The molecular formula is C26H42BF3N6O5. The first-order valence-corrected chi connectivity index (χ1v) is 14.0. The van der Waals surface area contributed by atoms with Crippen molar-refractivity contribution in [2.24, 2.45) is 23.1 Å². The van der Waals surface area contributed by atoms with E-state index in [0.29, 0.717) is 37.6 Å². The summed E-state index contributed by atoms with van der Waals surface area (Å²) in [6, 6.07) is 0.0325. The highest BCUT2D eigenvalue weighted by atomic mass is 19.4. The number of hydrogen-bond acceptors (Lipinski definition) is 8. The molecule has 1 saturated carbocycles. The maximum Gasteiger partial charge on any atom is 0.488 e. The minimum atomic E-state index is -4.80. The summed E-state index contributed by atoms with van der Waals surface area (Å²) in [7, 11) is -2.19. The predicted molar refractivity (Wildman–Crippen MR) is 150 cm³/mol. The molecule has 41 heavy (non-hydrogen) atoms. The van der Waals surface area contributed by atoms with Gasteiger partial charge in [-0.2, -0.15) is 13.2 Å². The fraction of sp³-hybridized carbons (Fsp3) is 0.654. The van der Waals surface area contributed by atoms with Gasteiger partial charge in [0.05, 0.1) is 11.6 Å². The van der Waals surface area contributed by atoms with E-state index in [-0.39, 0.29) is 43.9 Å². The van der Waals surface area contributed by atoms with Crippen molar-refractivity contribution in [1.82, 2.24) is 10.2 Å². The lowest BCUT2D eigenvalue weighted by Gasteiger charge is -2.26. The Morgan fingerprint density at radius 2 is 1.63 bits per heavy atom. The lowest BCUT2D eigenvalue weighted by molar-refractivity contribution is -0.137. The average molecular weight is 586 g/mol. The topological polar surface area (TPSA) is 197 Å². The number of halogens is 3. The van der Waals surface area contributed by atoms with Crippen LogP contribution in [0, 0.1) is 5.92 Å². The first-order chi connectivity index (χ1) is 19.3. The molecule has 0 bridgehead atoms. The smallest absolute Gasteiger partial charge is 0.423 e. The van der Waals surface area contributed by atoms with Gasteiger partial charge >= 0.3 is 13.3 Å². The van der Waals surface area contributed by atoms with Gasteiger partial charge in [0.15, 0.2) is 0 Å². The van der Waals surface area contributed by atoms with Crippen LogP contribution >= 0.6 is 0 Å². The van der Waals surface area contributed by atoms with Crippen molar-refractivity contribution >= 4 is 36.0 Å². The highest BCUT2D eigenvalue weighted by Gasteiger charge is 2.33. The lowest BCUT2D eigenvalue weighted by Crippen LogP contribution is -2.50. The molecule has 1 aliphatic rings. The molecule has 3 amide bonds. The largest absolute Gasteiger partial charge is 0.488 e. The molecule has 0 aromatic heterocycles. The molecule has 0 unspecified atom stereocenters. The molecule has 0 saturated heterocycles. The van der Waals surface area contributed by atoms with Crippen LogP contribution in [0.25, 0.3) is 0 Å². The molecule has 11 nitrogen and oxygen atoms in total. The first-order valence-electron chi connectivity index (χ1n) is 14.0. The van der Waals surface area contributed by atoms with E-state index < -0.39 is 48.2 Å². The molecule has 230 valence electrons. The van der Waals surface area contributed by atoms with E-state index in [1.54, 1.807) is 0 Å². The van der Waals surface area contributed by atoms with Crippen LogP contribution in [0.15, 0.2) is 18.2 Å². The van der Waals surface area contributed by atoms with Gasteiger partial charge in [-0.15, -0.1) is 0 Å². The molecule has 1 aromatic rings. The van der Waals surface area contributed by atoms with E-state index in [9.17, 15) is 37.6 Å². The molecule has 1 aliphatic carbocycles. The van der Waals surface area contributed by atoms with Crippen molar-refractivity contribution in [2.75, 3.05) is 31.5 Å². The van der Waals surface area contributed by atoms with Crippen molar-refractivity contribution in [2.45, 2.75) is 76.0 Å². The van der Waals surface area contributed by atoms with Gasteiger partial charge in [-0.25, -0.2) is 0 Å². The summed E-state index contributed by atoms with van der Waals surface area (Å²) < 4.78 is 40.1. The molecule has 0 radical (unpaired) electrons. The van der Waals surface area contributed by atoms with Crippen LogP contribution in [-0.4, -0.2) is 78.1 Å². The maximum absolute atomic E-state index is 13.4. The Morgan fingerprint density at radius 3 is 2.20 bits per heavy atom. The fourth-order valence-corrected chi connectivity index (χ4v) is 4.93. The number of rotatable bonds is 15. The number of anilines is 1. The molecule has 15 heteroatoms. The highest BCUT2D eigenvalue weighted by molar-refractivity contribution is 6.58. The summed E-state index contributed by atoms with van der Waals surface area (Å²) in [5, 5.41) is 23.9. The Labute approximate surface area is 238 Å².